The largest absolute Gasteiger partial charge is 0.403 e. The minimum atomic E-state index is -3.82. The number of fused-ring (bicyclic) bond motifs is 1. The number of piperidine rings is 1. The van der Waals surface area contributed by atoms with Crippen LogP contribution >= 0.6 is 0 Å². The van der Waals surface area contributed by atoms with E-state index in [-0.39, 0.29) is 23.4 Å². The van der Waals surface area contributed by atoms with Crippen LogP contribution in [0.15, 0.2) is 51.8 Å². The Kier molecular flexibility index (Phi) is 6.18. The Labute approximate surface area is 197 Å². The van der Waals surface area contributed by atoms with Crippen molar-refractivity contribution in [3.63, 3.8) is 0 Å². The minimum absolute atomic E-state index is 0.00144. The number of nitrogens with zero attached hydrogens (tertiary/aromatic N) is 3. The Bertz CT molecular complexity index is 1310. The van der Waals surface area contributed by atoms with Crippen LogP contribution in [-0.4, -0.2) is 41.9 Å². The van der Waals surface area contributed by atoms with Gasteiger partial charge in [0.25, 0.3) is 0 Å². The number of amides is 1. The zero-order valence-electron chi connectivity index (χ0n) is 18.5. The van der Waals surface area contributed by atoms with Crippen molar-refractivity contribution >= 4 is 21.9 Å². The maximum absolute atomic E-state index is 13.2. The quantitative estimate of drug-likeness (QED) is 0.591. The van der Waals surface area contributed by atoms with E-state index in [1.807, 2.05) is 6.07 Å². The first kappa shape index (κ1) is 22.7. The number of aromatic nitrogens is 2. The van der Waals surface area contributed by atoms with Gasteiger partial charge in [0.05, 0.1) is 10.8 Å². The van der Waals surface area contributed by atoms with E-state index in [0.29, 0.717) is 25.3 Å². The molecule has 1 aliphatic carbocycles. The molecule has 1 aromatic heterocycles. The summed E-state index contributed by atoms with van der Waals surface area (Å²) >= 11 is 0. The van der Waals surface area contributed by atoms with Gasteiger partial charge >= 0.3 is 6.01 Å². The van der Waals surface area contributed by atoms with Gasteiger partial charge in [-0.3, -0.25) is 10.1 Å². The topological polar surface area (TPSA) is 105 Å². The molecule has 1 atom stereocenters. The van der Waals surface area contributed by atoms with Gasteiger partial charge in [-0.1, -0.05) is 11.2 Å². The minimum Gasteiger partial charge on any atom is -0.403 e. The molecule has 1 N–H and O–H groups in total. The Hall–Kier alpha value is -3.11. The van der Waals surface area contributed by atoms with E-state index in [4.69, 9.17) is 4.42 Å². The van der Waals surface area contributed by atoms with Crippen molar-refractivity contribution in [1.82, 2.24) is 14.5 Å². The first-order chi connectivity index (χ1) is 16.4. The molecule has 5 rings (SSSR count). The number of halogens is 1. The molecule has 0 radical (unpaired) electrons. The molecule has 10 heteroatoms. The number of anilines is 1. The van der Waals surface area contributed by atoms with Gasteiger partial charge in [0.2, 0.25) is 21.8 Å². The molecular formula is C24H25FN4O4S. The van der Waals surface area contributed by atoms with Crippen molar-refractivity contribution in [3.8, 4) is 11.5 Å². The summed E-state index contributed by atoms with van der Waals surface area (Å²) in [5.74, 6) is -1.13. The van der Waals surface area contributed by atoms with Gasteiger partial charge in [-0.15, -0.1) is 5.10 Å². The molecule has 1 aliphatic heterocycles. The van der Waals surface area contributed by atoms with Crippen LogP contribution in [0.4, 0.5) is 10.4 Å². The number of hydrogen-bond acceptors (Lipinski definition) is 6. The molecule has 34 heavy (non-hydrogen) atoms. The zero-order chi connectivity index (χ0) is 23.7. The van der Waals surface area contributed by atoms with Crippen LogP contribution in [0.2, 0.25) is 0 Å². The van der Waals surface area contributed by atoms with Crippen molar-refractivity contribution in [2.45, 2.75) is 43.4 Å². The number of benzene rings is 2. The average Bonchev–Trinajstić information content (AvgIpc) is 3.32. The van der Waals surface area contributed by atoms with Crippen molar-refractivity contribution in [1.29, 1.82) is 0 Å². The average molecular weight is 485 g/mol. The SMILES string of the molecule is O=C(Nc1nnc(-c2ccc3c(c2)CCCC3)o1)C1CCCN(S(=O)(=O)c2ccc(F)cc2)C1. The highest BCUT2D eigenvalue weighted by Gasteiger charge is 2.34. The van der Waals surface area contributed by atoms with Crippen LogP contribution in [0.1, 0.15) is 36.8 Å². The smallest absolute Gasteiger partial charge is 0.322 e. The lowest BCUT2D eigenvalue weighted by molar-refractivity contribution is -0.121. The van der Waals surface area contributed by atoms with Gasteiger partial charge in [0.1, 0.15) is 5.82 Å². The van der Waals surface area contributed by atoms with Crippen molar-refractivity contribution in [3.05, 3.63) is 59.4 Å². The molecule has 2 heterocycles. The first-order valence-corrected chi connectivity index (χ1v) is 12.9. The van der Waals surface area contributed by atoms with Gasteiger partial charge < -0.3 is 4.42 Å². The van der Waals surface area contributed by atoms with Crippen LogP contribution in [0.25, 0.3) is 11.5 Å². The Morgan fingerprint density at radius 3 is 2.59 bits per heavy atom. The van der Waals surface area contributed by atoms with E-state index in [9.17, 15) is 17.6 Å². The molecule has 2 aromatic carbocycles. The zero-order valence-corrected chi connectivity index (χ0v) is 19.4. The van der Waals surface area contributed by atoms with Gasteiger partial charge in [-0.25, -0.2) is 12.8 Å². The van der Waals surface area contributed by atoms with E-state index in [1.165, 1.54) is 34.0 Å². The highest BCUT2D eigenvalue weighted by molar-refractivity contribution is 7.89. The van der Waals surface area contributed by atoms with Crippen molar-refractivity contribution in [2.24, 2.45) is 5.92 Å². The monoisotopic (exact) mass is 484 g/mol. The molecule has 1 saturated heterocycles. The molecule has 1 fully saturated rings. The highest BCUT2D eigenvalue weighted by Crippen LogP contribution is 2.28. The van der Waals surface area contributed by atoms with Gasteiger partial charge in [0, 0.05) is 18.7 Å². The molecule has 1 unspecified atom stereocenters. The first-order valence-electron chi connectivity index (χ1n) is 11.4. The predicted molar refractivity (Wildman–Crippen MR) is 123 cm³/mol. The van der Waals surface area contributed by atoms with Gasteiger partial charge in [0.15, 0.2) is 0 Å². The number of rotatable bonds is 5. The highest BCUT2D eigenvalue weighted by atomic mass is 32.2. The maximum atomic E-state index is 13.2. The molecule has 0 saturated carbocycles. The molecule has 3 aromatic rings. The maximum Gasteiger partial charge on any atom is 0.322 e. The Morgan fingerprint density at radius 2 is 1.79 bits per heavy atom. The Morgan fingerprint density at radius 1 is 1.03 bits per heavy atom. The second kappa shape index (κ2) is 9.27. The number of carbonyl (C=O) groups excluding carboxylic acids is 1. The summed E-state index contributed by atoms with van der Waals surface area (Å²) < 4.78 is 46.0. The summed E-state index contributed by atoms with van der Waals surface area (Å²) in [6, 6.07) is 10.8. The van der Waals surface area contributed by atoms with E-state index in [1.54, 1.807) is 0 Å². The number of carbonyl (C=O) groups is 1. The van der Waals surface area contributed by atoms with E-state index >= 15 is 0 Å². The fourth-order valence-corrected chi connectivity index (χ4v) is 6.12. The number of sulfonamides is 1. The lowest BCUT2D eigenvalue weighted by Crippen LogP contribution is -2.43. The second-order valence-electron chi connectivity index (χ2n) is 8.75. The molecule has 0 spiro atoms. The number of aryl methyl sites for hydroxylation is 2. The van der Waals surface area contributed by atoms with Gasteiger partial charge in [-0.2, -0.15) is 4.31 Å². The van der Waals surface area contributed by atoms with Crippen LogP contribution in [0.5, 0.6) is 0 Å². The summed E-state index contributed by atoms with van der Waals surface area (Å²) in [6.45, 7) is 0.323. The third kappa shape index (κ3) is 4.60. The molecular weight excluding hydrogens is 459 g/mol. The summed E-state index contributed by atoms with van der Waals surface area (Å²) in [6.07, 6.45) is 5.54. The van der Waals surface area contributed by atoms with Crippen molar-refractivity contribution < 1.29 is 22.0 Å². The van der Waals surface area contributed by atoms with E-state index in [2.05, 4.69) is 27.6 Å². The third-order valence-corrected chi connectivity index (χ3v) is 8.34. The number of hydrogen-bond donors (Lipinski definition) is 1. The molecule has 1 amide bonds. The molecule has 178 valence electrons. The predicted octanol–water partition coefficient (Wildman–Crippen LogP) is 3.79. The van der Waals surface area contributed by atoms with E-state index in [0.717, 1.165) is 37.0 Å². The standard InChI is InChI=1S/C24H25FN4O4S/c25-20-9-11-21(12-10-20)34(31,32)29-13-3-6-19(15-29)22(30)26-24-28-27-23(33-24)18-8-7-16-4-1-2-5-17(16)14-18/h7-12,14,19H,1-6,13,15H2,(H,26,28,30). The lowest BCUT2D eigenvalue weighted by atomic mass is 9.90. The Balaban J connectivity index is 1.26. The molecule has 8 nitrogen and oxygen atoms in total. The summed E-state index contributed by atoms with van der Waals surface area (Å²) in [4.78, 5) is 12.8. The van der Waals surface area contributed by atoms with Crippen LogP contribution in [-0.2, 0) is 27.7 Å². The summed E-state index contributed by atoms with van der Waals surface area (Å²) in [7, 11) is -3.82. The number of nitrogens with one attached hydrogen (secondary N) is 1. The van der Waals surface area contributed by atoms with Crippen LogP contribution in [0, 0.1) is 11.7 Å². The third-order valence-electron chi connectivity index (χ3n) is 6.46. The summed E-state index contributed by atoms with van der Waals surface area (Å²) in [5.41, 5.74) is 3.44. The van der Waals surface area contributed by atoms with Crippen LogP contribution < -0.4 is 5.32 Å². The fourth-order valence-electron chi connectivity index (χ4n) is 4.59. The van der Waals surface area contributed by atoms with Crippen LogP contribution in [0.3, 0.4) is 0 Å². The van der Waals surface area contributed by atoms with E-state index < -0.39 is 21.8 Å². The second-order valence-corrected chi connectivity index (χ2v) is 10.7. The molecule has 2 aliphatic rings. The van der Waals surface area contributed by atoms with Crippen molar-refractivity contribution in [2.75, 3.05) is 18.4 Å². The summed E-state index contributed by atoms with van der Waals surface area (Å²) in [5, 5.41) is 10.6. The normalized spacial score (nSPS) is 18.9. The van der Waals surface area contributed by atoms with Gasteiger partial charge in [-0.05, 0) is 86.1 Å². The molecule has 0 bridgehead atoms. The fraction of sp³-hybridized carbons (Fsp3) is 0.375. The lowest BCUT2D eigenvalue weighted by Gasteiger charge is -2.30.